The van der Waals surface area contributed by atoms with Crippen LogP contribution in [0, 0.1) is 12.8 Å². The minimum Gasteiger partial charge on any atom is -0.467 e. The number of hydrogen-bond acceptors (Lipinski definition) is 6. The third-order valence-electron chi connectivity index (χ3n) is 5.63. The van der Waals surface area contributed by atoms with E-state index in [1.54, 1.807) is 6.26 Å². The summed E-state index contributed by atoms with van der Waals surface area (Å²) in [4.78, 5) is 24.1. The number of likely N-dealkylation sites (tertiary alicyclic amines) is 1. The number of aryl methyl sites for hydroxylation is 1. The fourth-order valence-electron chi connectivity index (χ4n) is 4.16. The zero-order chi connectivity index (χ0) is 19.7. The van der Waals surface area contributed by atoms with Crippen LogP contribution in [0.5, 0.6) is 0 Å². The van der Waals surface area contributed by atoms with Crippen LogP contribution in [-0.2, 0) is 28.1 Å². The first-order valence-corrected chi connectivity index (χ1v) is 9.96. The van der Waals surface area contributed by atoms with Gasteiger partial charge in [0, 0.05) is 30.8 Å². The Labute approximate surface area is 165 Å². The normalized spacial score (nSPS) is 21.4. The largest absolute Gasteiger partial charge is 0.467 e. The van der Waals surface area contributed by atoms with E-state index in [-0.39, 0.29) is 11.3 Å². The van der Waals surface area contributed by atoms with Gasteiger partial charge in [0.05, 0.1) is 37.1 Å². The fraction of sp³-hybridized carbons (Fsp3) is 0.571. The average Bonchev–Trinajstić information content (AvgIpc) is 3.31. The van der Waals surface area contributed by atoms with Crippen molar-refractivity contribution in [3.63, 3.8) is 0 Å². The van der Waals surface area contributed by atoms with Crippen molar-refractivity contribution in [2.45, 2.75) is 52.2 Å². The molecule has 0 aliphatic carbocycles. The molecule has 0 unspecified atom stereocenters. The van der Waals surface area contributed by atoms with Crippen LogP contribution >= 0.6 is 0 Å². The number of aromatic nitrogens is 2. The van der Waals surface area contributed by atoms with E-state index in [4.69, 9.17) is 14.1 Å². The lowest BCUT2D eigenvalue weighted by molar-refractivity contribution is -0.131. The molecule has 1 atom stereocenters. The minimum atomic E-state index is -0.241. The smallest absolute Gasteiger partial charge is 0.223 e. The van der Waals surface area contributed by atoms with E-state index in [0.717, 1.165) is 35.7 Å². The summed E-state index contributed by atoms with van der Waals surface area (Å²) in [6, 6.07) is 3.78. The maximum atomic E-state index is 12.6. The average molecular weight is 384 g/mol. The summed E-state index contributed by atoms with van der Waals surface area (Å²) < 4.78 is 11.3. The van der Waals surface area contributed by atoms with Gasteiger partial charge in [-0.2, -0.15) is 0 Å². The van der Waals surface area contributed by atoms with E-state index in [1.807, 2.05) is 24.0 Å². The summed E-state index contributed by atoms with van der Waals surface area (Å²) in [6.45, 7) is 9.24. The summed E-state index contributed by atoms with van der Waals surface area (Å²) in [5, 5.41) is 3.27. The van der Waals surface area contributed by atoms with Crippen LogP contribution in [0.3, 0.4) is 0 Å². The van der Waals surface area contributed by atoms with Crippen LogP contribution in [0.25, 0.3) is 0 Å². The SMILES string of the molecule is Cc1nc(NCc2ccco2)nc2c1COC[C@]21CCN(C(=O)CC(C)C)C1. The van der Waals surface area contributed by atoms with Crippen molar-refractivity contribution >= 4 is 11.9 Å². The molecule has 28 heavy (non-hydrogen) atoms. The lowest BCUT2D eigenvalue weighted by Gasteiger charge is -2.35. The predicted molar refractivity (Wildman–Crippen MR) is 105 cm³/mol. The Hall–Kier alpha value is -2.41. The number of anilines is 1. The number of carbonyl (C=O) groups is 1. The first-order valence-electron chi connectivity index (χ1n) is 9.96. The molecule has 1 saturated heterocycles. The number of hydrogen-bond donors (Lipinski definition) is 1. The van der Waals surface area contributed by atoms with Crippen LogP contribution in [0.15, 0.2) is 22.8 Å². The molecule has 1 N–H and O–H groups in total. The second-order valence-corrected chi connectivity index (χ2v) is 8.33. The monoisotopic (exact) mass is 384 g/mol. The van der Waals surface area contributed by atoms with Gasteiger partial charge in [-0.05, 0) is 31.4 Å². The van der Waals surface area contributed by atoms with Gasteiger partial charge in [-0.15, -0.1) is 0 Å². The van der Waals surface area contributed by atoms with Crippen molar-refractivity contribution in [2.75, 3.05) is 25.0 Å². The lowest BCUT2D eigenvalue weighted by atomic mass is 9.80. The molecule has 4 heterocycles. The molecule has 0 saturated carbocycles. The molecular weight excluding hydrogens is 356 g/mol. The number of amides is 1. The second-order valence-electron chi connectivity index (χ2n) is 8.33. The van der Waals surface area contributed by atoms with E-state index in [1.165, 1.54) is 0 Å². The summed E-state index contributed by atoms with van der Waals surface area (Å²) in [5.74, 6) is 2.02. The third-order valence-corrected chi connectivity index (χ3v) is 5.63. The third kappa shape index (κ3) is 3.63. The number of rotatable bonds is 5. The number of ether oxygens (including phenoxy) is 1. The second kappa shape index (κ2) is 7.54. The van der Waals surface area contributed by atoms with E-state index in [2.05, 4.69) is 24.1 Å². The van der Waals surface area contributed by atoms with E-state index < -0.39 is 0 Å². The van der Waals surface area contributed by atoms with Crippen molar-refractivity contribution in [3.05, 3.63) is 41.1 Å². The van der Waals surface area contributed by atoms with Gasteiger partial charge >= 0.3 is 0 Å². The lowest BCUT2D eigenvalue weighted by Crippen LogP contribution is -2.42. The van der Waals surface area contributed by atoms with Crippen molar-refractivity contribution in [1.29, 1.82) is 0 Å². The first-order chi connectivity index (χ1) is 13.5. The van der Waals surface area contributed by atoms with Gasteiger partial charge in [0.25, 0.3) is 0 Å². The number of furan rings is 1. The molecular formula is C21H28N4O3. The number of nitrogens with zero attached hydrogens (tertiary/aromatic N) is 3. The van der Waals surface area contributed by atoms with E-state index >= 15 is 0 Å². The Bertz CT molecular complexity index is 850. The molecule has 7 nitrogen and oxygen atoms in total. The van der Waals surface area contributed by atoms with Crippen LogP contribution in [-0.4, -0.2) is 40.5 Å². The van der Waals surface area contributed by atoms with Gasteiger partial charge in [0.1, 0.15) is 5.76 Å². The zero-order valence-electron chi connectivity index (χ0n) is 16.8. The molecule has 4 rings (SSSR count). The molecule has 2 aliphatic rings. The highest BCUT2D eigenvalue weighted by Gasteiger charge is 2.46. The first kappa shape index (κ1) is 18.9. The summed E-state index contributed by atoms with van der Waals surface area (Å²) in [5.41, 5.74) is 2.79. The zero-order valence-corrected chi connectivity index (χ0v) is 16.8. The Morgan fingerprint density at radius 1 is 1.39 bits per heavy atom. The fourth-order valence-corrected chi connectivity index (χ4v) is 4.16. The van der Waals surface area contributed by atoms with Crippen molar-refractivity contribution in [3.8, 4) is 0 Å². The molecule has 0 bridgehead atoms. The van der Waals surface area contributed by atoms with E-state index in [0.29, 0.717) is 44.6 Å². The number of fused-ring (bicyclic) bond motifs is 2. The van der Waals surface area contributed by atoms with Crippen LogP contribution < -0.4 is 5.32 Å². The molecule has 1 amide bonds. The van der Waals surface area contributed by atoms with Crippen molar-refractivity contribution in [1.82, 2.24) is 14.9 Å². The number of nitrogens with one attached hydrogen (secondary N) is 1. The van der Waals surface area contributed by atoms with Gasteiger partial charge in [-0.25, -0.2) is 9.97 Å². The molecule has 0 aromatic carbocycles. The maximum absolute atomic E-state index is 12.6. The summed E-state index contributed by atoms with van der Waals surface area (Å²) in [6.07, 6.45) is 3.12. The Kier molecular flexibility index (Phi) is 5.10. The molecule has 7 heteroatoms. The van der Waals surface area contributed by atoms with Crippen molar-refractivity contribution < 1.29 is 13.9 Å². The van der Waals surface area contributed by atoms with Crippen LogP contribution in [0.4, 0.5) is 5.95 Å². The highest BCUT2D eigenvalue weighted by molar-refractivity contribution is 5.77. The van der Waals surface area contributed by atoms with Crippen LogP contribution in [0.1, 0.15) is 49.4 Å². The Morgan fingerprint density at radius 3 is 3.00 bits per heavy atom. The molecule has 2 aliphatic heterocycles. The minimum absolute atomic E-state index is 0.223. The molecule has 2 aromatic rings. The van der Waals surface area contributed by atoms with Gasteiger partial charge in [-0.1, -0.05) is 13.8 Å². The summed E-state index contributed by atoms with van der Waals surface area (Å²) >= 11 is 0. The van der Waals surface area contributed by atoms with Crippen molar-refractivity contribution in [2.24, 2.45) is 5.92 Å². The van der Waals surface area contributed by atoms with Crippen LogP contribution in [0.2, 0.25) is 0 Å². The highest BCUT2D eigenvalue weighted by atomic mass is 16.5. The van der Waals surface area contributed by atoms with Gasteiger partial charge in [0.15, 0.2) is 0 Å². The Morgan fingerprint density at radius 2 is 2.25 bits per heavy atom. The molecule has 2 aromatic heterocycles. The van der Waals surface area contributed by atoms with E-state index in [9.17, 15) is 4.79 Å². The quantitative estimate of drug-likeness (QED) is 0.853. The topological polar surface area (TPSA) is 80.5 Å². The molecule has 1 spiro atoms. The predicted octanol–water partition coefficient (Wildman–Crippen LogP) is 3.04. The number of carbonyl (C=O) groups excluding carboxylic acids is 1. The maximum Gasteiger partial charge on any atom is 0.223 e. The molecule has 150 valence electrons. The van der Waals surface area contributed by atoms with Gasteiger partial charge < -0.3 is 19.4 Å². The highest BCUT2D eigenvalue weighted by Crippen LogP contribution is 2.40. The van der Waals surface area contributed by atoms with Gasteiger partial charge in [0.2, 0.25) is 11.9 Å². The standard InChI is InChI=1S/C21H28N4O3/c1-14(2)9-18(26)25-7-6-21(12-25)13-27-11-17-15(3)23-20(24-19(17)21)22-10-16-5-4-8-28-16/h4-5,8,14H,6-7,9-13H2,1-3H3,(H,22,23,24)/t21-/m1/s1. The van der Waals surface area contributed by atoms with Gasteiger partial charge in [-0.3, -0.25) is 4.79 Å². The summed E-state index contributed by atoms with van der Waals surface area (Å²) in [7, 11) is 0. The molecule has 0 radical (unpaired) electrons. The molecule has 1 fully saturated rings. The Balaban J connectivity index is 1.58.